The van der Waals surface area contributed by atoms with Crippen molar-refractivity contribution < 1.29 is 13.9 Å². The van der Waals surface area contributed by atoms with E-state index in [9.17, 15) is 14.0 Å². The Kier molecular flexibility index (Phi) is 4.80. The van der Waals surface area contributed by atoms with Gasteiger partial charge in [-0.3, -0.25) is 4.79 Å². The highest BCUT2D eigenvalue weighted by molar-refractivity contribution is 7.99. The Morgan fingerprint density at radius 1 is 1.25 bits per heavy atom. The molecule has 8 heteroatoms. The molecule has 6 nitrogen and oxygen atoms in total. The zero-order valence-electron chi connectivity index (χ0n) is 15.4. The molecule has 0 atom stereocenters. The van der Waals surface area contributed by atoms with Crippen molar-refractivity contribution in [1.82, 2.24) is 9.55 Å². The van der Waals surface area contributed by atoms with Crippen molar-refractivity contribution in [1.29, 1.82) is 0 Å². The molecule has 1 aliphatic rings. The summed E-state index contributed by atoms with van der Waals surface area (Å²) in [6.45, 7) is 2.40. The Balaban J connectivity index is 2.00. The lowest BCUT2D eigenvalue weighted by Gasteiger charge is -2.21. The molecule has 0 radical (unpaired) electrons. The minimum Gasteiger partial charge on any atom is -0.465 e. The van der Waals surface area contributed by atoms with Gasteiger partial charge in [-0.2, -0.15) is 0 Å². The third-order valence-electron chi connectivity index (χ3n) is 4.72. The van der Waals surface area contributed by atoms with Crippen LogP contribution in [-0.2, 0) is 4.74 Å². The fourth-order valence-corrected chi connectivity index (χ4v) is 4.10. The number of benzene rings is 2. The molecule has 1 aromatic heterocycles. The Hall–Kier alpha value is -2.87. The van der Waals surface area contributed by atoms with E-state index in [1.54, 1.807) is 43.0 Å². The van der Waals surface area contributed by atoms with Gasteiger partial charge in [0.15, 0.2) is 0 Å². The van der Waals surface area contributed by atoms with Crippen LogP contribution in [0.3, 0.4) is 0 Å². The monoisotopic (exact) mass is 399 g/mol. The molecule has 0 bridgehead atoms. The number of esters is 1. The third-order valence-corrected chi connectivity index (χ3v) is 5.69. The number of carbonyl (C=O) groups excluding carboxylic acids is 1. The van der Waals surface area contributed by atoms with Crippen molar-refractivity contribution in [2.75, 3.05) is 30.2 Å². The number of halogens is 1. The molecule has 144 valence electrons. The van der Waals surface area contributed by atoms with Gasteiger partial charge in [0.1, 0.15) is 5.82 Å². The number of fused-ring (bicyclic) bond motifs is 1. The zero-order chi connectivity index (χ0) is 19.8. The van der Waals surface area contributed by atoms with Crippen molar-refractivity contribution in [2.24, 2.45) is 0 Å². The molecule has 1 fully saturated rings. The van der Waals surface area contributed by atoms with Crippen LogP contribution >= 0.6 is 11.8 Å². The quantitative estimate of drug-likeness (QED) is 0.631. The van der Waals surface area contributed by atoms with E-state index in [-0.39, 0.29) is 11.4 Å². The van der Waals surface area contributed by atoms with Crippen LogP contribution in [-0.4, -0.2) is 40.8 Å². The molecule has 2 aromatic carbocycles. The van der Waals surface area contributed by atoms with Crippen molar-refractivity contribution in [3.05, 3.63) is 63.7 Å². The van der Waals surface area contributed by atoms with Crippen LogP contribution in [0.4, 0.5) is 10.3 Å². The lowest BCUT2D eigenvalue weighted by atomic mass is 10.1. The number of carbonyl (C=O) groups is 1. The number of methoxy groups -OCH3 is 1. The van der Waals surface area contributed by atoms with Crippen LogP contribution in [0.5, 0.6) is 0 Å². The van der Waals surface area contributed by atoms with Gasteiger partial charge >= 0.3 is 5.97 Å². The van der Waals surface area contributed by atoms with E-state index in [1.807, 2.05) is 4.90 Å². The van der Waals surface area contributed by atoms with Crippen LogP contribution in [0.15, 0.2) is 41.2 Å². The lowest BCUT2D eigenvalue weighted by Crippen LogP contribution is -2.30. The predicted molar refractivity (Wildman–Crippen MR) is 108 cm³/mol. The summed E-state index contributed by atoms with van der Waals surface area (Å²) in [5.41, 5.74) is 1.35. The molecule has 1 aliphatic heterocycles. The molecule has 0 saturated carbocycles. The number of rotatable bonds is 3. The number of ether oxygens (including phenoxy) is 1. The predicted octanol–water partition coefficient (Wildman–Crippen LogP) is 3.13. The average Bonchev–Trinajstić information content (AvgIpc) is 3.24. The highest BCUT2D eigenvalue weighted by atomic mass is 32.2. The Morgan fingerprint density at radius 2 is 2.07 bits per heavy atom. The lowest BCUT2D eigenvalue weighted by molar-refractivity contribution is 0.0601. The maximum atomic E-state index is 14.2. The van der Waals surface area contributed by atoms with Crippen molar-refractivity contribution in [2.45, 2.75) is 6.92 Å². The van der Waals surface area contributed by atoms with Crippen LogP contribution < -0.4 is 10.5 Å². The minimum absolute atomic E-state index is 0.309. The van der Waals surface area contributed by atoms with E-state index < -0.39 is 5.97 Å². The minimum atomic E-state index is -0.494. The highest BCUT2D eigenvalue weighted by Gasteiger charge is 2.22. The maximum absolute atomic E-state index is 14.2. The van der Waals surface area contributed by atoms with E-state index >= 15 is 0 Å². The fraction of sp³-hybridized carbons (Fsp3) is 0.250. The van der Waals surface area contributed by atoms with Gasteiger partial charge in [0.2, 0.25) is 5.95 Å². The summed E-state index contributed by atoms with van der Waals surface area (Å²) in [6, 6.07) is 9.34. The summed E-state index contributed by atoms with van der Waals surface area (Å²) in [6.07, 6.45) is 0. The topological polar surface area (TPSA) is 64.4 Å². The van der Waals surface area contributed by atoms with Gasteiger partial charge in [0, 0.05) is 12.3 Å². The molecule has 0 unspecified atom stereocenters. The second-order valence-electron chi connectivity index (χ2n) is 6.51. The highest BCUT2D eigenvalue weighted by Crippen LogP contribution is 2.26. The van der Waals surface area contributed by atoms with Crippen molar-refractivity contribution >= 4 is 34.6 Å². The first-order chi connectivity index (χ1) is 13.5. The smallest absolute Gasteiger partial charge is 0.337 e. The molecule has 0 spiro atoms. The van der Waals surface area contributed by atoms with Gasteiger partial charge in [-0.1, -0.05) is 6.07 Å². The number of aryl methyl sites for hydroxylation is 1. The van der Waals surface area contributed by atoms with Gasteiger partial charge < -0.3 is 9.64 Å². The molecule has 0 aliphatic carbocycles. The molecule has 4 rings (SSSR count). The fourth-order valence-electron chi connectivity index (χ4n) is 3.16. The van der Waals surface area contributed by atoms with Crippen molar-refractivity contribution in [3.63, 3.8) is 0 Å². The Morgan fingerprint density at radius 3 is 2.75 bits per heavy atom. The van der Waals surface area contributed by atoms with Gasteiger partial charge in [0.05, 0.1) is 35.1 Å². The number of nitrogens with zero attached hydrogens (tertiary/aromatic N) is 3. The molecule has 1 saturated heterocycles. The van der Waals surface area contributed by atoms with E-state index in [0.717, 1.165) is 12.3 Å². The van der Waals surface area contributed by atoms with Gasteiger partial charge in [-0.25, -0.2) is 18.7 Å². The van der Waals surface area contributed by atoms with Crippen LogP contribution in [0.25, 0.3) is 16.6 Å². The van der Waals surface area contributed by atoms with Crippen molar-refractivity contribution in [3.8, 4) is 5.69 Å². The van der Waals surface area contributed by atoms with Gasteiger partial charge in [-0.05, 0) is 42.8 Å². The molecule has 0 amide bonds. The molecule has 2 heterocycles. The van der Waals surface area contributed by atoms with Crippen LogP contribution in [0.1, 0.15) is 15.9 Å². The molecular formula is C20H18FN3O3S. The zero-order valence-corrected chi connectivity index (χ0v) is 16.3. The standard InChI is InChI=1S/C20H18FN3O3S/c1-12-3-5-14(10-16(12)21)24-18(25)15-6-4-13(19(26)27-2)9-17(15)22-20(24)23-7-8-28-11-23/h3-6,9-10H,7-8,11H2,1-2H3. The second-order valence-corrected chi connectivity index (χ2v) is 7.58. The summed E-state index contributed by atoms with van der Waals surface area (Å²) in [5.74, 6) is 1.16. The summed E-state index contributed by atoms with van der Waals surface area (Å²) < 4.78 is 20.4. The maximum Gasteiger partial charge on any atom is 0.337 e. The molecule has 28 heavy (non-hydrogen) atoms. The van der Waals surface area contributed by atoms with E-state index in [4.69, 9.17) is 4.74 Å². The first-order valence-corrected chi connectivity index (χ1v) is 9.89. The number of thioether (sulfide) groups is 1. The Bertz CT molecular complexity index is 1140. The van der Waals surface area contributed by atoms with Gasteiger partial charge in [0.25, 0.3) is 5.56 Å². The molecular weight excluding hydrogens is 381 g/mol. The molecule has 3 aromatic rings. The first-order valence-electron chi connectivity index (χ1n) is 8.74. The number of hydrogen-bond acceptors (Lipinski definition) is 6. The summed E-state index contributed by atoms with van der Waals surface area (Å²) >= 11 is 1.73. The van der Waals surface area contributed by atoms with Crippen LogP contribution in [0.2, 0.25) is 0 Å². The molecule has 0 N–H and O–H groups in total. The average molecular weight is 399 g/mol. The van der Waals surface area contributed by atoms with E-state index in [2.05, 4.69) is 4.98 Å². The normalized spacial score (nSPS) is 13.9. The van der Waals surface area contributed by atoms with E-state index in [1.165, 1.54) is 23.8 Å². The Labute approximate surface area is 164 Å². The SMILES string of the molecule is COC(=O)c1ccc2c(=O)n(-c3ccc(C)c(F)c3)c(N3CCSC3)nc2c1. The number of aromatic nitrogens is 2. The summed E-state index contributed by atoms with van der Waals surface area (Å²) in [4.78, 5) is 31.8. The van der Waals surface area contributed by atoms with E-state index in [0.29, 0.717) is 39.5 Å². The summed E-state index contributed by atoms with van der Waals surface area (Å²) in [5, 5.41) is 0.351. The number of hydrogen-bond donors (Lipinski definition) is 0. The second kappa shape index (κ2) is 7.27. The first kappa shape index (κ1) is 18.5. The summed E-state index contributed by atoms with van der Waals surface area (Å²) in [7, 11) is 1.30. The third kappa shape index (κ3) is 3.13. The van der Waals surface area contributed by atoms with Crippen LogP contribution in [0, 0.1) is 12.7 Å². The largest absolute Gasteiger partial charge is 0.465 e. The number of anilines is 1. The van der Waals surface area contributed by atoms with Gasteiger partial charge in [-0.15, -0.1) is 11.8 Å².